The van der Waals surface area contributed by atoms with Gasteiger partial charge in [0.25, 0.3) is 0 Å². The minimum Gasteiger partial charge on any atom is -0.491 e. The summed E-state index contributed by atoms with van der Waals surface area (Å²) in [6.45, 7) is 2.03. The molecule has 0 atom stereocenters. The Morgan fingerprint density at radius 1 is 1.33 bits per heavy atom. The Morgan fingerprint density at radius 2 is 2.06 bits per heavy atom. The summed E-state index contributed by atoms with van der Waals surface area (Å²) in [7, 11) is -3.00. The van der Waals surface area contributed by atoms with Crippen LogP contribution in [0.1, 0.15) is 12.5 Å². The fraction of sp³-hybridized carbons (Fsp3) is 0.385. The van der Waals surface area contributed by atoms with Crippen LogP contribution in [0.3, 0.4) is 0 Å². The molecule has 2 N–H and O–H groups in total. The summed E-state index contributed by atoms with van der Waals surface area (Å²) in [5, 5.41) is 0. The van der Waals surface area contributed by atoms with Crippen molar-refractivity contribution in [1.29, 1.82) is 0 Å². The number of sulfone groups is 1. The van der Waals surface area contributed by atoms with Gasteiger partial charge in [0, 0.05) is 5.75 Å². The van der Waals surface area contributed by atoms with Crippen LogP contribution in [0.25, 0.3) is 0 Å². The smallest absolute Gasteiger partial charge is 0.153 e. The van der Waals surface area contributed by atoms with Crippen molar-refractivity contribution < 1.29 is 13.2 Å². The summed E-state index contributed by atoms with van der Waals surface area (Å²) in [6, 6.07) is 7.23. The number of hydrogen-bond donors (Lipinski definition) is 1. The standard InChI is InChI=1S/C13H17NO3S/c1-2-18(15,16)11-10-17-13-8-4-3-6-12(13)7-5-9-14/h3-4,6,8H,2,9-11,14H2,1H3. The van der Waals surface area contributed by atoms with Crippen LogP contribution >= 0.6 is 0 Å². The second-order valence-corrected chi connectivity index (χ2v) is 6.06. The van der Waals surface area contributed by atoms with Crippen molar-refractivity contribution in [3.8, 4) is 17.6 Å². The first-order valence-corrected chi connectivity index (χ1v) is 7.52. The van der Waals surface area contributed by atoms with E-state index < -0.39 is 9.84 Å². The Hall–Kier alpha value is -1.51. The minimum absolute atomic E-state index is 0.0160. The van der Waals surface area contributed by atoms with E-state index in [-0.39, 0.29) is 24.7 Å². The van der Waals surface area contributed by atoms with Crippen LogP contribution in [0.2, 0.25) is 0 Å². The Morgan fingerprint density at radius 3 is 2.72 bits per heavy atom. The second-order valence-electron chi connectivity index (χ2n) is 3.59. The third-order valence-electron chi connectivity index (χ3n) is 2.30. The molecule has 0 aromatic heterocycles. The van der Waals surface area contributed by atoms with Gasteiger partial charge in [-0.05, 0) is 12.1 Å². The zero-order valence-corrected chi connectivity index (χ0v) is 11.2. The molecule has 0 fully saturated rings. The van der Waals surface area contributed by atoms with Gasteiger partial charge in [-0.1, -0.05) is 30.9 Å². The molecule has 0 saturated heterocycles. The van der Waals surface area contributed by atoms with Gasteiger partial charge < -0.3 is 10.5 Å². The maximum absolute atomic E-state index is 11.3. The Kier molecular flexibility index (Phi) is 5.69. The van der Waals surface area contributed by atoms with Crippen molar-refractivity contribution in [2.24, 2.45) is 5.73 Å². The fourth-order valence-electron chi connectivity index (χ4n) is 1.26. The zero-order valence-electron chi connectivity index (χ0n) is 10.3. The Balaban J connectivity index is 2.68. The van der Waals surface area contributed by atoms with Crippen LogP contribution in [-0.4, -0.2) is 33.1 Å². The lowest BCUT2D eigenvalue weighted by atomic mass is 10.2. The number of nitrogens with two attached hydrogens (primary N) is 1. The van der Waals surface area contributed by atoms with Crippen molar-refractivity contribution >= 4 is 9.84 Å². The average molecular weight is 267 g/mol. The normalized spacial score (nSPS) is 10.6. The molecule has 0 aliphatic rings. The van der Waals surface area contributed by atoms with E-state index in [1.54, 1.807) is 13.0 Å². The molecular weight excluding hydrogens is 250 g/mol. The van der Waals surface area contributed by atoms with E-state index in [1.165, 1.54) is 0 Å². The Labute approximate surface area is 108 Å². The third-order valence-corrected chi connectivity index (χ3v) is 3.97. The molecule has 0 aliphatic heterocycles. The van der Waals surface area contributed by atoms with Gasteiger partial charge in [0.15, 0.2) is 9.84 Å². The Bertz CT molecular complexity index is 541. The molecule has 0 unspecified atom stereocenters. The highest BCUT2D eigenvalue weighted by Crippen LogP contribution is 2.16. The lowest BCUT2D eigenvalue weighted by molar-refractivity contribution is 0.340. The molecule has 0 amide bonds. The van der Waals surface area contributed by atoms with E-state index in [0.29, 0.717) is 5.75 Å². The molecule has 1 rings (SSSR count). The van der Waals surface area contributed by atoms with Crippen LogP contribution < -0.4 is 10.5 Å². The maximum Gasteiger partial charge on any atom is 0.153 e. The molecule has 5 heteroatoms. The monoisotopic (exact) mass is 267 g/mol. The van der Waals surface area contributed by atoms with Gasteiger partial charge in [-0.3, -0.25) is 0 Å². The first-order chi connectivity index (χ1) is 8.59. The first-order valence-electron chi connectivity index (χ1n) is 5.70. The van der Waals surface area contributed by atoms with E-state index in [0.717, 1.165) is 5.56 Å². The lowest BCUT2D eigenvalue weighted by Gasteiger charge is -2.07. The van der Waals surface area contributed by atoms with Crippen molar-refractivity contribution in [1.82, 2.24) is 0 Å². The fourth-order valence-corrected chi connectivity index (χ4v) is 1.89. The molecule has 0 bridgehead atoms. The quantitative estimate of drug-likeness (QED) is 0.802. The van der Waals surface area contributed by atoms with Crippen LogP contribution in [0.5, 0.6) is 5.75 Å². The highest BCUT2D eigenvalue weighted by atomic mass is 32.2. The van der Waals surface area contributed by atoms with Crippen molar-refractivity contribution in [2.75, 3.05) is 24.7 Å². The molecule has 18 heavy (non-hydrogen) atoms. The minimum atomic E-state index is -3.00. The topological polar surface area (TPSA) is 69.4 Å². The number of hydrogen-bond acceptors (Lipinski definition) is 4. The van der Waals surface area contributed by atoms with Crippen LogP contribution in [0.4, 0.5) is 0 Å². The van der Waals surface area contributed by atoms with Gasteiger partial charge in [0.2, 0.25) is 0 Å². The summed E-state index contributed by atoms with van der Waals surface area (Å²) in [6.07, 6.45) is 0. The highest BCUT2D eigenvalue weighted by molar-refractivity contribution is 7.91. The predicted molar refractivity (Wildman–Crippen MR) is 72.2 cm³/mol. The van der Waals surface area contributed by atoms with Gasteiger partial charge in [0.05, 0.1) is 17.9 Å². The lowest BCUT2D eigenvalue weighted by Crippen LogP contribution is -2.15. The summed E-state index contributed by atoms with van der Waals surface area (Å²) in [5.74, 6) is 6.36. The molecule has 4 nitrogen and oxygen atoms in total. The van der Waals surface area contributed by atoms with Crippen molar-refractivity contribution in [3.63, 3.8) is 0 Å². The van der Waals surface area contributed by atoms with Crippen molar-refractivity contribution in [2.45, 2.75) is 6.92 Å². The van der Waals surface area contributed by atoms with E-state index >= 15 is 0 Å². The summed E-state index contributed by atoms with van der Waals surface area (Å²) < 4.78 is 28.1. The number of benzene rings is 1. The molecule has 0 radical (unpaired) electrons. The van der Waals surface area contributed by atoms with E-state index in [4.69, 9.17) is 10.5 Å². The highest BCUT2D eigenvalue weighted by Gasteiger charge is 2.08. The van der Waals surface area contributed by atoms with E-state index in [1.807, 2.05) is 18.2 Å². The molecule has 0 heterocycles. The SMILES string of the molecule is CCS(=O)(=O)CCOc1ccccc1C#CCN. The predicted octanol–water partition coefficient (Wildman–Crippen LogP) is 0.810. The average Bonchev–Trinajstić information content (AvgIpc) is 2.37. The van der Waals surface area contributed by atoms with E-state index in [2.05, 4.69) is 11.8 Å². The third kappa shape index (κ3) is 4.78. The van der Waals surface area contributed by atoms with Crippen LogP contribution in [0, 0.1) is 11.8 Å². The molecule has 1 aromatic carbocycles. The molecule has 0 saturated carbocycles. The van der Waals surface area contributed by atoms with Gasteiger partial charge in [0.1, 0.15) is 12.4 Å². The van der Waals surface area contributed by atoms with E-state index in [9.17, 15) is 8.42 Å². The molecular formula is C13H17NO3S. The van der Waals surface area contributed by atoms with Gasteiger partial charge in [-0.25, -0.2) is 8.42 Å². The zero-order chi connectivity index (χ0) is 13.4. The number of para-hydroxylation sites is 1. The number of rotatable bonds is 5. The largest absolute Gasteiger partial charge is 0.491 e. The molecule has 0 spiro atoms. The molecule has 0 aliphatic carbocycles. The van der Waals surface area contributed by atoms with Gasteiger partial charge >= 0.3 is 0 Å². The van der Waals surface area contributed by atoms with Gasteiger partial charge in [-0.2, -0.15) is 0 Å². The van der Waals surface area contributed by atoms with Crippen LogP contribution in [0.15, 0.2) is 24.3 Å². The summed E-state index contributed by atoms with van der Waals surface area (Å²) in [4.78, 5) is 0. The summed E-state index contributed by atoms with van der Waals surface area (Å²) >= 11 is 0. The van der Waals surface area contributed by atoms with Gasteiger partial charge in [-0.15, -0.1) is 0 Å². The number of ether oxygens (including phenoxy) is 1. The first kappa shape index (κ1) is 14.6. The molecule has 98 valence electrons. The summed E-state index contributed by atoms with van der Waals surface area (Å²) in [5.41, 5.74) is 6.03. The second kappa shape index (κ2) is 7.04. The molecule has 1 aromatic rings. The van der Waals surface area contributed by atoms with Crippen molar-refractivity contribution in [3.05, 3.63) is 29.8 Å². The maximum atomic E-state index is 11.3. The van der Waals surface area contributed by atoms with Crippen LogP contribution in [-0.2, 0) is 9.84 Å².